The molecule has 0 saturated heterocycles. The summed E-state index contributed by atoms with van der Waals surface area (Å²) in [6, 6.07) is -1.27. The number of hydrogen-bond acceptors (Lipinski definition) is 11. The first-order valence-electron chi connectivity index (χ1n) is 19.7. The Balaban J connectivity index is 2.72. The van der Waals surface area contributed by atoms with E-state index in [0.29, 0.717) is 19.3 Å². The highest BCUT2D eigenvalue weighted by Gasteiger charge is 2.51. The van der Waals surface area contributed by atoms with Gasteiger partial charge in [-0.1, -0.05) is 107 Å². The second-order valence-electron chi connectivity index (χ2n) is 13.9. The third-order valence-corrected chi connectivity index (χ3v) is 10.1. The number of aliphatic hydroxyl groups is 7. The first-order valence-corrected chi connectivity index (χ1v) is 21.2. The number of allylic oxidation sites excluding steroid dienone is 7. The van der Waals surface area contributed by atoms with E-state index in [1.807, 2.05) is 6.08 Å². The number of rotatable bonds is 30. The van der Waals surface area contributed by atoms with Crippen molar-refractivity contribution in [2.45, 2.75) is 184 Å². The molecule has 8 unspecified atom stereocenters. The molecule has 0 spiro atoms. The van der Waals surface area contributed by atoms with Gasteiger partial charge in [0.1, 0.15) is 36.6 Å². The van der Waals surface area contributed by atoms with Gasteiger partial charge in [-0.15, -0.1) is 0 Å². The molecule has 1 saturated carbocycles. The molecule has 0 radical (unpaired) electrons. The number of amides is 1. The summed E-state index contributed by atoms with van der Waals surface area (Å²) in [6.45, 7) is 3.59. The van der Waals surface area contributed by atoms with Crippen molar-refractivity contribution in [3.63, 3.8) is 0 Å². The molecule has 1 amide bonds. The molecule has 0 aromatic carbocycles. The number of carbonyl (C=O) groups is 1. The summed E-state index contributed by atoms with van der Waals surface area (Å²) >= 11 is 0. The number of nitrogens with one attached hydrogen (secondary N) is 1. The summed E-state index contributed by atoms with van der Waals surface area (Å²) in [6.07, 6.45) is 18.0. The summed E-state index contributed by atoms with van der Waals surface area (Å²) in [7, 11) is -5.15. The largest absolute Gasteiger partial charge is 0.472 e. The highest BCUT2D eigenvalue weighted by Crippen LogP contribution is 2.47. The van der Waals surface area contributed by atoms with Crippen LogP contribution in [0.2, 0.25) is 0 Å². The average molecular weight is 776 g/mol. The zero-order valence-electron chi connectivity index (χ0n) is 31.9. The van der Waals surface area contributed by atoms with Gasteiger partial charge in [0.05, 0.1) is 31.3 Å². The lowest BCUT2D eigenvalue weighted by Crippen LogP contribution is -2.64. The second kappa shape index (κ2) is 29.5. The normalized spacial score (nSPS) is 25.4. The highest BCUT2D eigenvalue weighted by atomic mass is 31.2. The Bertz CT molecular complexity index is 1100. The van der Waals surface area contributed by atoms with Gasteiger partial charge in [0.2, 0.25) is 5.91 Å². The molecule has 1 aliphatic carbocycles. The number of phosphoric ester groups is 1. The van der Waals surface area contributed by atoms with Gasteiger partial charge in [0.15, 0.2) is 0 Å². The van der Waals surface area contributed by atoms with E-state index in [9.17, 15) is 50.0 Å². The van der Waals surface area contributed by atoms with Gasteiger partial charge in [0.25, 0.3) is 0 Å². The van der Waals surface area contributed by atoms with Crippen molar-refractivity contribution in [1.82, 2.24) is 5.32 Å². The fourth-order valence-corrected chi connectivity index (χ4v) is 6.75. The van der Waals surface area contributed by atoms with Crippen molar-refractivity contribution in [2.75, 3.05) is 6.61 Å². The maximum absolute atomic E-state index is 12.9. The molecular weight excluding hydrogens is 705 g/mol. The molecule has 0 aliphatic heterocycles. The average Bonchev–Trinajstić information content (AvgIpc) is 3.12. The number of carbonyl (C=O) groups excluding carboxylic acids is 1. The molecule has 14 heteroatoms. The Kier molecular flexibility index (Phi) is 27.5. The predicted octanol–water partition coefficient (Wildman–Crippen LogP) is 4.80. The van der Waals surface area contributed by atoms with Crippen LogP contribution < -0.4 is 5.32 Å². The minimum atomic E-state index is -5.15. The first-order chi connectivity index (χ1) is 25.3. The Hall–Kier alpha value is -1.74. The lowest BCUT2D eigenvalue weighted by atomic mass is 9.85. The van der Waals surface area contributed by atoms with Crippen LogP contribution in [0.25, 0.3) is 0 Å². The smallest absolute Gasteiger partial charge is 0.393 e. The molecule has 9 N–H and O–H groups in total. The Morgan fingerprint density at radius 2 is 1.13 bits per heavy atom. The van der Waals surface area contributed by atoms with Crippen LogP contribution in [0.3, 0.4) is 0 Å². The Morgan fingerprint density at radius 3 is 1.68 bits per heavy atom. The molecule has 1 rings (SSSR count). The van der Waals surface area contributed by atoms with Gasteiger partial charge >= 0.3 is 7.82 Å². The van der Waals surface area contributed by atoms with Crippen molar-refractivity contribution in [3.8, 4) is 0 Å². The molecule has 0 aromatic rings. The number of aliphatic hydroxyl groups excluding tert-OH is 7. The maximum Gasteiger partial charge on any atom is 0.472 e. The lowest BCUT2D eigenvalue weighted by molar-refractivity contribution is -0.220. The zero-order valence-corrected chi connectivity index (χ0v) is 32.8. The van der Waals surface area contributed by atoms with Gasteiger partial charge < -0.3 is 46.0 Å². The molecule has 308 valence electrons. The van der Waals surface area contributed by atoms with Crippen LogP contribution in [0.15, 0.2) is 48.6 Å². The fourth-order valence-electron chi connectivity index (χ4n) is 5.78. The lowest BCUT2D eigenvalue weighted by Gasteiger charge is -2.41. The van der Waals surface area contributed by atoms with Crippen LogP contribution >= 0.6 is 7.82 Å². The van der Waals surface area contributed by atoms with Gasteiger partial charge in [-0.25, -0.2) is 4.57 Å². The van der Waals surface area contributed by atoms with Crippen molar-refractivity contribution in [2.24, 2.45) is 0 Å². The van der Waals surface area contributed by atoms with Crippen molar-refractivity contribution >= 4 is 13.7 Å². The quantitative estimate of drug-likeness (QED) is 0.0273. The number of hydrogen-bond donors (Lipinski definition) is 9. The summed E-state index contributed by atoms with van der Waals surface area (Å²) in [4.78, 5) is 23.2. The monoisotopic (exact) mass is 775 g/mol. The third kappa shape index (κ3) is 22.4. The standard InChI is InChI=1S/C39H70NO12P/c1-3-5-7-9-11-13-14-15-16-17-19-21-23-25-27-32(42)31(40-33(43)28-30(41)26-24-22-20-18-12-10-8-6-4-2)29-51-53(49,50)52-39-37(47)35(45)34(44)36(46)38(39)48/h10,12-14,17,19,25,27,30-32,34-39,41-42,44-48H,3-9,11,15-16,18,20-24,26,28-29H2,1-2H3,(H,40,43)(H,49,50)/b12-10-,14-13+,19-17+,27-25+. The van der Waals surface area contributed by atoms with Crippen LogP contribution in [-0.4, -0.2) is 108 Å². The van der Waals surface area contributed by atoms with Gasteiger partial charge in [-0.05, 0) is 64.2 Å². The summed E-state index contributed by atoms with van der Waals surface area (Å²) in [5, 5.41) is 73.9. The SMILES string of the molecule is CCCC/C=C\CCCCCC(O)CC(=O)NC(COP(=O)(O)OC1C(O)C(O)C(O)C(O)C1O)C(O)/C=C/CC/C=C/CC/C=C/CCCCCC. The van der Waals surface area contributed by atoms with E-state index in [-0.39, 0.29) is 6.42 Å². The third-order valence-electron chi connectivity index (χ3n) is 9.11. The van der Waals surface area contributed by atoms with Crippen LogP contribution in [0.4, 0.5) is 0 Å². The minimum absolute atomic E-state index is 0.269. The van der Waals surface area contributed by atoms with Crippen LogP contribution in [0, 0.1) is 0 Å². The van der Waals surface area contributed by atoms with E-state index >= 15 is 0 Å². The van der Waals surface area contributed by atoms with Crippen LogP contribution in [0.1, 0.15) is 129 Å². The van der Waals surface area contributed by atoms with Gasteiger partial charge in [0, 0.05) is 0 Å². The molecule has 0 heterocycles. The second-order valence-corrected chi connectivity index (χ2v) is 15.3. The van der Waals surface area contributed by atoms with Crippen molar-refractivity contribution < 1.29 is 59.0 Å². The van der Waals surface area contributed by atoms with Crippen molar-refractivity contribution in [3.05, 3.63) is 48.6 Å². The molecule has 0 bridgehead atoms. The number of phosphoric acid groups is 1. The Morgan fingerprint density at radius 1 is 0.660 bits per heavy atom. The van der Waals surface area contributed by atoms with E-state index in [0.717, 1.165) is 57.8 Å². The van der Waals surface area contributed by atoms with E-state index in [4.69, 9.17) is 9.05 Å². The van der Waals surface area contributed by atoms with Crippen LogP contribution in [0.5, 0.6) is 0 Å². The van der Waals surface area contributed by atoms with Crippen LogP contribution in [-0.2, 0) is 18.4 Å². The van der Waals surface area contributed by atoms with Gasteiger partial charge in [-0.3, -0.25) is 13.8 Å². The maximum atomic E-state index is 12.9. The van der Waals surface area contributed by atoms with E-state index in [1.54, 1.807) is 6.08 Å². The molecule has 1 aliphatic rings. The summed E-state index contributed by atoms with van der Waals surface area (Å²) < 4.78 is 22.7. The zero-order chi connectivity index (χ0) is 39.5. The number of unbranched alkanes of at least 4 members (excludes halogenated alkanes) is 11. The van der Waals surface area contributed by atoms with Gasteiger partial charge in [-0.2, -0.15) is 0 Å². The molecular formula is C39H70NO12P. The topological polar surface area (TPSA) is 226 Å². The summed E-state index contributed by atoms with van der Waals surface area (Å²) in [5.41, 5.74) is 0. The van der Waals surface area contributed by atoms with Crippen molar-refractivity contribution in [1.29, 1.82) is 0 Å². The molecule has 0 aromatic heterocycles. The molecule has 13 nitrogen and oxygen atoms in total. The fraction of sp³-hybridized carbons (Fsp3) is 0.769. The van der Waals surface area contributed by atoms with E-state index in [2.05, 4.69) is 49.5 Å². The molecule has 8 atom stereocenters. The highest BCUT2D eigenvalue weighted by molar-refractivity contribution is 7.47. The minimum Gasteiger partial charge on any atom is -0.393 e. The summed E-state index contributed by atoms with van der Waals surface area (Å²) in [5.74, 6) is -0.623. The molecule has 1 fully saturated rings. The van der Waals surface area contributed by atoms with E-state index in [1.165, 1.54) is 38.2 Å². The first kappa shape index (κ1) is 49.3. The predicted molar refractivity (Wildman–Crippen MR) is 206 cm³/mol. The Labute approximate surface area is 317 Å². The van der Waals surface area contributed by atoms with E-state index < -0.39 is 75.2 Å². The molecule has 53 heavy (non-hydrogen) atoms.